The van der Waals surface area contributed by atoms with E-state index in [2.05, 4.69) is 23.7 Å². The van der Waals surface area contributed by atoms with Gasteiger partial charge in [0.1, 0.15) is 0 Å². The molecule has 11 heavy (non-hydrogen) atoms. The summed E-state index contributed by atoms with van der Waals surface area (Å²) in [4.78, 5) is 0. The molecule has 0 bridgehead atoms. The minimum atomic E-state index is 0.951. The summed E-state index contributed by atoms with van der Waals surface area (Å²) in [6, 6.07) is 0. The standard InChI is InChI=1S/C10H17N/c1-4-5-6-8-11-9-7-10(2)3/h11H,2,6-9H2,1,3H3. The molecule has 1 N–H and O–H groups in total. The second kappa shape index (κ2) is 7.37. The van der Waals surface area contributed by atoms with Crippen LogP contribution in [0.1, 0.15) is 26.7 Å². The Morgan fingerprint density at radius 2 is 2.18 bits per heavy atom. The Kier molecular flexibility index (Phi) is 6.87. The van der Waals surface area contributed by atoms with Crippen molar-refractivity contribution in [2.45, 2.75) is 26.7 Å². The lowest BCUT2D eigenvalue weighted by atomic mass is 10.2. The van der Waals surface area contributed by atoms with E-state index in [0.717, 1.165) is 25.9 Å². The van der Waals surface area contributed by atoms with Gasteiger partial charge in [0.05, 0.1) is 0 Å². The molecule has 0 saturated carbocycles. The van der Waals surface area contributed by atoms with Crippen LogP contribution in [0.5, 0.6) is 0 Å². The molecule has 0 radical (unpaired) electrons. The second-order valence-electron chi connectivity index (χ2n) is 2.63. The summed E-state index contributed by atoms with van der Waals surface area (Å²) in [6.07, 6.45) is 2.02. The van der Waals surface area contributed by atoms with Crippen molar-refractivity contribution in [3.05, 3.63) is 12.2 Å². The summed E-state index contributed by atoms with van der Waals surface area (Å²) in [6.45, 7) is 9.76. The molecule has 0 aromatic rings. The number of hydrogen-bond donors (Lipinski definition) is 1. The van der Waals surface area contributed by atoms with E-state index in [4.69, 9.17) is 0 Å². The van der Waals surface area contributed by atoms with Crippen LogP contribution in [-0.4, -0.2) is 13.1 Å². The minimum absolute atomic E-state index is 0.951. The summed E-state index contributed by atoms with van der Waals surface area (Å²) >= 11 is 0. The van der Waals surface area contributed by atoms with Gasteiger partial charge in [-0.1, -0.05) is 5.57 Å². The Morgan fingerprint density at radius 1 is 1.45 bits per heavy atom. The number of hydrogen-bond acceptors (Lipinski definition) is 1. The molecule has 0 aromatic carbocycles. The molecule has 0 aliphatic heterocycles. The van der Waals surface area contributed by atoms with Gasteiger partial charge in [0, 0.05) is 13.0 Å². The molecule has 0 aliphatic rings. The number of rotatable bonds is 5. The monoisotopic (exact) mass is 151 g/mol. The van der Waals surface area contributed by atoms with Gasteiger partial charge in [0.25, 0.3) is 0 Å². The summed E-state index contributed by atoms with van der Waals surface area (Å²) in [5.74, 6) is 5.86. The van der Waals surface area contributed by atoms with E-state index in [1.54, 1.807) is 0 Å². The quantitative estimate of drug-likeness (QED) is 0.360. The third kappa shape index (κ3) is 9.26. The van der Waals surface area contributed by atoms with Crippen LogP contribution < -0.4 is 5.32 Å². The van der Waals surface area contributed by atoms with Crippen molar-refractivity contribution in [3.63, 3.8) is 0 Å². The topological polar surface area (TPSA) is 12.0 Å². The first-order valence-electron chi connectivity index (χ1n) is 4.02. The van der Waals surface area contributed by atoms with Gasteiger partial charge in [0.15, 0.2) is 0 Å². The molecule has 0 saturated heterocycles. The van der Waals surface area contributed by atoms with Crippen molar-refractivity contribution >= 4 is 0 Å². The maximum absolute atomic E-state index is 3.82. The molecule has 0 aromatic heterocycles. The van der Waals surface area contributed by atoms with Crippen molar-refractivity contribution in [1.29, 1.82) is 0 Å². The molecule has 0 unspecified atom stereocenters. The zero-order valence-corrected chi connectivity index (χ0v) is 7.54. The molecule has 0 rings (SSSR count). The first kappa shape index (κ1) is 10.3. The Labute approximate surface area is 69.9 Å². The lowest BCUT2D eigenvalue weighted by molar-refractivity contribution is 0.692. The van der Waals surface area contributed by atoms with Crippen molar-refractivity contribution in [3.8, 4) is 11.8 Å². The van der Waals surface area contributed by atoms with Crippen LogP contribution in [0.25, 0.3) is 0 Å². The Hall–Kier alpha value is -0.740. The van der Waals surface area contributed by atoms with Crippen molar-refractivity contribution < 1.29 is 0 Å². The molecule has 0 spiro atoms. The van der Waals surface area contributed by atoms with E-state index >= 15 is 0 Å². The summed E-state index contributed by atoms with van der Waals surface area (Å²) in [7, 11) is 0. The Bertz CT molecular complexity index is 159. The van der Waals surface area contributed by atoms with E-state index in [9.17, 15) is 0 Å². The minimum Gasteiger partial charge on any atom is -0.315 e. The first-order valence-corrected chi connectivity index (χ1v) is 4.02. The van der Waals surface area contributed by atoms with E-state index in [1.165, 1.54) is 5.57 Å². The first-order chi connectivity index (χ1) is 5.27. The van der Waals surface area contributed by atoms with Gasteiger partial charge in [-0.05, 0) is 26.8 Å². The van der Waals surface area contributed by atoms with Gasteiger partial charge in [0.2, 0.25) is 0 Å². The van der Waals surface area contributed by atoms with Gasteiger partial charge in [-0.3, -0.25) is 0 Å². The second-order valence-corrected chi connectivity index (χ2v) is 2.63. The van der Waals surface area contributed by atoms with E-state index in [0.29, 0.717) is 0 Å². The Morgan fingerprint density at radius 3 is 2.73 bits per heavy atom. The summed E-state index contributed by atoms with van der Waals surface area (Å²) < 4.78 is 0. The highest BCUT2D eigenvalue weighted by Gasteiger charge is 1.85. The van der Waals surface area contributed by atoms with Gasteiger partial charge in [-0.2, -0.15) is 0 Å². The van der Waals surface area contributed by atoms with Crippen molar-refractivity contribution in [1.82, 2.24) is 5.32 Å². The third-order valence-corrected chi connectivity index (χ3v) is 1.33. The summed E-state index contributed by atoms with van der Waals surface area (Å²) in [5, 5.41) is 3.29. The molecule has 1 heteroatoms. The van der Waals surface area contributed by atoms with Crippen LogP contribution in [0.3, 0.4) is 0 Å². The maximum Gasteiger partial charge on any atom is 0.0214 e. The fourth-order valence-corrected chi connectivity index (χ4v) is 0.703. The largest absolute Gasteiger partial charge is 0.315 e. The zero-order valence-electron chi connectivity index (χ0n) is 7.54. The van der Waals surface area contributed by atoms with Gasteiger partial charge < -0.3 is 5.32 Å². The highest BCUT2D eigenvalue weighted by Crippen LogP contribution is 1.91. The van der Waals surface area contributed by atoms with Gasteiger partial charge >= 0.3 is 0 Å². The molecule has 0 heterocycles. The van der Waals surface area contributed by atoms with Crippen LogP contribution >= 0.6 is 0 Å². The van der Waals surface area contributed by atoms with E-state index in [-0.39, 0.29) is 0 Å². The SMILES string of the molecule is C=C(C)CCNCCC#CC. The van der Waals surface area contributed by atoms with Gasteiger partial charge in [-0.15, -0.1) is 18.4 Å². The lowest BCUT2D eigenvalue weighted by Crippen LogP contribution is -2.16. The van der Waals surface area contributed by atoms with Crippen molar-refractivity contribution in [2.75, 3.05) is 13.1 Å². The molecular formula is C10H17N. The molecule has 0 aliphatic carbocycles. The third-order valence-electron chi connectivity index (χ3n) is 1.33. The van der Waals surface area contributed by atoms with E-state index < -0.39 is 0 Å². The van der Waals surface area contributed by atoms with Crippen LogP contribution in [-0.2, 0) is 0 Å². The summed E-state index contributed by atoms with van der Waals surface area (Å²) in [5.41, 5.74) is 1.24. The molecule has 62 valence electrons. The highest BCUT2D eigenvalue weighted by atomic mass is 14.8. The average molecular weight is 151 g/mol. The molecule has 0 atom stereocenters. The van der Waals surface area contributed by atoms with Crippen LogP contribution in [0.15, 0.2) is 12.2 Å². The van der Waals surface area contributed by atoms with E-state index in [1.807, 2.05) is 13.8 Å². The smallest absolute Gasteiger partial charge is 0.0214 e. The zero-order chi connectivity index (χ0) is 8.53. The maximum atomic E-state index is 3.82. The number of nitrogens with one attached hydrogen (secondary N) is 1. The highest BCUT2D eigenvalue weighted by molar-refractivity contribution is 4.95. The van der Waals surface area contributed by atoms with Crippen LogP contribution in [0.4, 0.5) is 0 Å². The lowest BCUT2D eigenvalue weighted by Gasteiger charge is -2.00. The Balaban J connectivity index is 3.00. The molecular weight excluding hydrogens is 134 g/mol. The fraction of sp³-hybridized carbons (Fsp3) is 0.600. The molecule has 0 fully saturated rings. The molecule has 1 nitrogen and oxygen atoms in total. The predicted octanol–water partition coefficient (Wildman–Crippen LogP) is 1.96. The van der Waals surface area contributed by atoms with Gasteiger partial charge in [-0.25, -0.2) is 0 Å². The van der Waals surface area contributed by atoms with Crippen LogP contribution in [0, 0.1) is 11.8 Å². The predicted molar refractivity (Wildman–Crippen MR) is 50.4 cm³/mol. The fourth-order valence-electron chi connectivity index (χ4n) is 0.703. The van der Waals surface area contributed by atoms with Crippen LogP contribution in [0.2, 0.25) is 0 Å². The molecule has 0 amide bonds. The van der Waals surface area contributed by atoms with Crippen molar-refractivity contribution in [2.24, 2.45) is 0 Å². The average Bonchev–Trinajstić information content (AvgIpc) is 1.96. The normalized spacial score (nSPS) is 8.55.